The minimum absolute atomic E-state index is 0. The molecule has 2 aromatic heterocycles. The maximum absolute atomic E-state index is 12.7. The SMILES string of the molecule is C.C.C=C=N[Si](C)(C)C.COC1CCC2(CC1)Cc1ccc(-c3ccnnc3)cc1C21N=C(N)N(C)O1.COC1CCC2(CC1)Cc1ccc(Br)cc1C21N=C(N)N(C)O1.COC1CCC2(CC1)Cc1ccc(Br)cc1C2=NC#N.COC1CCC2(CC1)Cc1ccc(Br)cc1C2=O.Cc1ccnnc1. The number of nitrogens with two attached hydrogens (primary N) is 2. The van der Waals surface area contributed by atoms with Gasteiger partial charge in [-0.25, -0.2) is 29.8 Å². The number of benzene rings is 4. The number of rotatable bonds is 6. The fourth-order valence-corrected chi connectivity index (χ4v) is 18.9. The second kappa shape index (κ2) is 34.7. The third kappa shape index (κ3) is 17.2. The normalized spacial score (nSPS) is 28.6. The van der Waals surface area contributed by atoms with E-state index < -0.39 is 19.7 Å². The van der Waals surface area contributed by atoms with Crippen LogP contribution in [0.15, 0.2) is 149 Å². The zero-order chi connectivity index (χ0) is 73.5. The largest absolute Gasteiger partial charge is 0.381 e. The number of hydroxylamine groups is 4. The Labute approximate surface area is 648 Å². The van der Waals surface area contributed by atoms with Gasteiger partial charge in [-0.1, -0.05) is 93.0 Å². The first-order chi connectivity index (χ1) is 49.3. The van der Waals surface area contributed by atoms with Crippen LogP contribution in [-0.2, 0) is 65.8 Å². The molecule has 4 heterocycles. The lowest BCUT2D eigenvalue weighted by molar-refractivity contribution is -0.232. The number of fused-ring (bicyclic) bond motifs is 8. The van der Waals surface area contributed by atoms with Crippen molar-refractivity contribution in [3.8, 4) is 17.3 Å². The first-order valence-corrected chi connectivity index (χ1v) is 41.6. The lowest BCUT2D eigenvalue weighted by atomic mass is 9.66. The van der Waals surface area contributed by atoms with E-state index in [1.165, 1.54) is 22.3 Å². The monoisotopic (exact) mass is 1640 g/mol. The van der Waals surface area contributed by atoms with Crippen molar-refractivity contribution in [1.82, 2.24) is 30.5 Å². The Morgan fingerprint density at radius 3 is 1.37 bits per heavy atom. The van der Waals surface area contributed by atoms with Gasteiger partial charge in [-0.2, -0.15) is 30.6 Å². The molecule has 4 aromatic carbocycles. The second-order valence-corrected chi connectivity index (χ2v) is 37.4. The van der Waals surface area contributed by atoms with Crippen LogP contribution in [0.25, 0.3) is 11.1 Å². The van der Waals surface area contributed by atoms with Gasteiger partial charge in [-0.15, -0.1) is 0 Å². The number of hydrogen-bond acceptors (Lipinski definition) is 20. The van der Waals surface area contributed by atoms with Crippen LogP contribution in [0.5, 0.6) is 0 Å². The number of guanidine groups is 2. The van der Waals surface area contributed by atoms with Crippen LogP contribution in [0.4, 0.5) is 0 Å². The predicted octanol–water partition coefficient (Wildman–Crippen LogP) is 16.9. The van der Waals surface area contributed by atoms with Crippen molar-refractivity contribution in [1.29, 1.82) is 5.26 Å². The number of nitriles is 1. The maximum atomic E-state index is 12.7. The van der Waals surface area contributed by atoms with E-state index >= 15 is 0 Å². The number of nitrogens with zero attached hydrogens (tertiary/aromatic N) is 11. The van der Waals surface area contributed by atoms with Crippen molar-refractivity contribution in [2.24, 2.45) is 52.8 Å². The molecule has 8 aliphatic carbocycles. The molecule has 0 radical (unpaired) electrons. The van der Waals surface area contributed by atoms with Gasteiger partial charge in [0.05, 0.1) is 48.7 Å². The molecule has 10 aliphatic rings. The summed E-state index contributed by atoms with van der Waals surface area (Å²) >= 11 is 10.6. The molecule has 4 N–H and O–H groups in total. The van der Waals surface area contributed by atoms with Crippen molar-refractivity contribution in [3.63, 3.8) is 0 Å². The quantitative estimate of drug-likeness (QED) is 0.0892. The molecule has 0 bridgehead atoms. The molecule has 2 aliphatic heterocycles. The van der Waals surface area contributed by atoms with Gasteiger partial charge in [0.25, 0.3) is 0 Å². The molecule has 0 saturated heterocycles. The van der Waals surface area contributed by atoms with Crippen LogP contribution in [0.3, 0.4) is 0 Å². The number of Topliss-reactive ketones (excluding diaryl/α,β-unsaturated/α-hetero) is 1. The van der Waals surface area contributed by atoms with Crippen LogP contribution in [0, 0.1) is 40.0 Å². The third-order valence-corrected chi connectivity index (χ3v) is 25.2. The molecule has 0 amide bonds. The van der Waals surface area contributed by atoms with Gasteiger partial charge in [0.15, 0.2) is 14.0 Å². The average molecular weight is 1640 g/mol. The number of aryl methyl sites for hydroxylation is 1. The van der Waals surface area contributed by atoms with Crippen molar-refractivity contribution in [3.05, 3.63) is 180 Å². The van der Waals surface area contributed by atoms with Crippen molar-refractivity contribution in [2.75, 3.05) is 42.5 Å². The van der Waals surface area contributed by atoms with Crippen molar-refractivity contribution < 1.29 is 33.4 Å². The van der Waals surface area contributed by atoms with Gasteiger partial charge in [-0.05, 0) is 255 Å². The van der Waals surface area contributed by atoms with E-state index in [0.717, 1.165) is 186 Å². The van der Waals surface area contributed by atoms with Crippen molar-refractivity contribution >= 4 is 85.3 Å². The minimum Gasteiger partial charge on any atom is -0.381 e. The summed E-state index contributed by atoms with van der Waals surface area (Å²) < 4.78 is 29.2. The Morgan fingerprint density at radius 1 is 0.552 bits per heavy atom. The number of aliphatic imine (C=N–C) groups is 3. The first kappa shape index (κ1) is 82.3. The predicted molar refractivity (Wildman–Crippen MR) is 429 cm³/mol. The Balaban J connectivity index is 0.000000153. The van der Waals surface area contributed by atoms with Gasteiger partial charge >= 0.3 is 0 Å². The van der Waals surface area contributed by atoms with E-state index in [-0.39, 0.29) is 36.5 Å². The smallest absolute Gasteiger partial charge is 0.220 e. The number of ketones is 1. The van der Waals surface area contributed by atoms with Gasteiger partial charge in [0.1, 0.15) is 0 Å². The molecule has 2 unspecified atom stereocenters. The summed E-state index contributed by atoms with van der Waals surface area (Å²) in [4.78, 5) is 39.4. The molecular formula is C81H106Br3N13O7Si. The van der Waals surface area contributed by atoms with Gasteiger partial charge in [-0.3, -0.25) is 9.45 Å². The maximum Gasteiger partial charge on any atom is 0.220 e. The zero-order valence-corrected chi connectivity index (χ0v) is 66.9. The molecule has 24 heteroatoms. The Hall–Kier alpha value is -6.72. The highest BCUT2D eigenvalue weighted by Crippen LogP contribution is 2.64. The number of ether oxygens (including phenoxy) is 4. The number of carbonyl (C=O) groups is 1. The van der Waals surface area contributed by atoms with Crippen LogP contribution in [0.2, 0.25) is 19.6 Å². The Bertz CT molecular complexity index is 4190. The van der Waals surface area contributed by atoms with Gasteiger partial charge in [0, 0.05) is 112 Å². The van der Waals surface area contributed by atoms with E-state index in [9.17, 15) is 4.79 Å². The molecule has 20 nitrogen and oxygen atoms in total. The molecular weight excluding hydrogens is 1530 g/mol. The summed E-state index contributed by atoms with van der Waals surface area (Å²) in [6.07, 6.45) is 30.4. The van der Waals surface area contributed by atoms with Gasteiger partial charge in [0.2, 0.25) is 29.6 Å². The summed E-state index contributed by atoms with van der Waals surface area (Å²) in [6.45, 7) is 11.8. The highest BCUT2D eigenvalue weighted by atomic mass is 79.9. The van der Waals surface area contributed by atoms with E-state index in [1.807, 2.05) is 51.5 Å². The fraction of sp³-hybridized carbons (Fsp3) is 0.519. The average Bonchev–Trinajstić information content (AvgIpc) is 1.54. The summed E-state index contributed by atoms with van der Waals surface area (Å²) in [6, 6.07) is 29.3. The Morgan fingerprint density at radius 2 is 0.971 bits per heavy atom. The molecule has 4 fully saturated rings. The van der Waals surface area contributed by atoms with Crippen LogP contribution in [-0.4, -0.2) is 135 Å². The number of hydrogen-bond donors (Lipinski definition) is 2. The van der Waals surface area contributed by atoms with Crippen LogP contribution >= 0.6 is 47.8 Å². The molecule has 6 spiro atoms. The topological polar surface area (TPSA) is 256 Å². The first-order valence-electron chi connectivity index (χ1n) is 35.8. The fourth-order valence-electron chi connectivity index (χ4n) is 17.4. The summed E-state index contributed by atoms with van der Waals surface area (Å²) in [5.41, 5.74) is 24.3. The number of halogens is 3. The number of carbonyl (C=O) groups excluding carboxylic acids is 1. The highest BCUT2D eigenvalue weighted by Gasteiger charge is 2.65. The Kier molecular flexibility index (Phi) is 27.2. The highest BCUT2D eigenvalue weighted by molar-refractivity contribution is 9.11. The lowest BCUT2D eigenvalue weighted by Gasteiger charge is -2.45. The molecule has 4 saturated carbocycles. The zero-order valence-electron chi connectivity index (χ0n) is 61.1. The standard InChI is InChI=1S/C21H25N5O2.C17H22BrN3O2.C16H17BrN2O.C15H17BrO2.C5H6N2.C5H11NSi.2CH4/c1-26-19(22)25-21(28-26)18-11-14(16-7-10-23-24-13-16)3-4-15(18)12-20(21)8-5-17(27-2)6-9-20;1-21-15(19)20-17(23-21)14-9-12(18)4-3-11(14)10-16(17)7-5-13(22-2)6-8-16;1-20-13-4-6-16(7-5-13)9-11-2-3-12(17)8-14(11)15(16)19-10-18;1-18-12-4-6-15(7-5-12)9-10-2-3-11(16)8-13(10)14(15)17;1-5-2-3-6-7-4-5;1-5-6-7(2,3)4;;/h3-4,7,10-11,13,17H,5-6,8-9,12H2,1-2H3,(H2,22,25);3-4,9,13H,5-8,10H2,1-2H3,(H2,19,20);2-3,8,13H,4-7,9H2,1H3;2-3,8,12H,4-7,9H2,1H3;2-4H,1H3;1H2,2-4H3;2*1H4. The van der Waals surface area contributed by atoms with E-state index in [4.69, 9.17) is 55.3 Å². The molecule has 105 heavy (non-hydrogen) atoms. The van der Waals surface area contributed by atoms with E-state index in [1.54, 1.807) is 63.4 Å². The molecule has 16 rings (SSSR count). The summed E-state index contributed by atoms with van der Waals surface area (Å²) in [5, 5.41) is 27.4. The summed E-state index contributed by atoms with van der Waals surface area (Å²) in [7, 11) is 9.61. The number of aromatic nitrogens is 4. The van der Waals surface area contributed by atoms with E-state index in [0.29, 0.717) is 42.1 Å². The van der Waals surface area contributed by atoms with Crippen LogP contribution in [0.1, 0.15) is 172 Å². The van der Waals surface area contributed by atoms with Crippen LogP contribution < -0.4 is 11.5 Å². The minimum atomic E-state index is -1.21. The second-order valence-electron chi connectivity index (χ2n) is 30.1. The van der Waals surface area contributed by atoms with Crippen molar-refractivity contribution in [2.45, 2.75) is 206 Å². The molecule has 6 aromatic rings. The lowest BCUT2D eigenvalue weighted by Crippen LogP contribution is -2.46. The molecule has 562 valence electrons. The van der Waals surface area contributed by atoms with E-state index in [2.05, 4.69) is 171 Å². The number of methoxy groups -OCH3 is 4. The third-order valence-electron chi connectivity index (χ3n) is 22.9. The summed E-state index contributed by atoms with van der Waals surface area (Å²) in [5.74, 6) is 3.78. The van der Waals surface area contributed by atoms with Gasteiger partial charge < -0.3 is 30.4 Å². The molecule has 2 atom stereocenters.